The average molecular weight is 310 g/mol. The van der Waals surface area contributed by atoms with E-state index < -0.39 is 0 Å². The molecule has 0 spiro atoms. The third kappa shape index (κ3) is 4.68. The van der Waals surface area contributed by atoms with Gasteiger partial charge in [-0.3, -0.25) is 9.59 Å². The zero-order valence-electron chi connectivity index (χ0n) is 13.7. The number of anilines is 2. The SMILES string of the molecule is CCC(=O)Nc1ccc(NC(=O)c2ccc(C(C)C)cc2)cc1. The lowest BCUT2D eigenvalue weighted by Gasteiger charge is -2.09. The van der Waals surface area contributed by atoms with E-state index in [2.05, 4.69) is 24.5 Å². The Labute approximate surface area is 136 Å². The van der Waals surface area contributed by atoms with Gasteiger partial charge in [-0.1, -0.05) is 32.9 Å². The van der Waals surface area contributed by atoms with E-state index in [1.54, 1.807) is 31.2 Å². The van der Waals surface area contributed by atoms with E-state index in [4.69, 9.17) is 0 Å². The molecule has 0 unspecified atom stereocenters. The first-order chi connectivity index (χ1) is 11.0. The van der Waals surface area contributed by atoms with Crippen molar-refractivity contribution >= 4 is 23.2 Å². The van der Waals surface area contributed by atoms with Gasteiger partial charge < -0.3 is 10.6 Å². The van der Waals surface area contributed by atoms with Crippen LogP contribution in [0, 0.1) is 0 Å². The van der Waals surface area contributed by atoms with Crippen molar-refractivity contribution < 1.29 is 9.59 Å². The summed E-state index contributed by atoms with van der Waals surface area (Å²) in [6.45, 7) is 6.04. The molecule has 2 aromatic rings. The molecule has 120 valence electrons. The zero-order chi connectivity index (χ0) is 16.8. The van der Waals surface area contributed by atoms with Crippen molar-refractivity contribution in [3.63, 3.8) is 0 Å². The molecular formula is C19H22N2O2. The Kier molecular flexibility index (Phi) is 5.52. The molecule has 0 aliphatic heterocycles. The molecule has 0 saturated carbocycles. The number of benzene rings is 2. The maximum Gasteiger partial charge on any atom is 0.255 e. The van der Waals surface area contributed by atoms with Crippen LogP contribution < -0.4 is 10.6 Å². The number of hydrogen-bond donors (Lipinski definition) is 2. The van der Waals surface area contributed by atoms with E-state index in [1.165, 1.54) is 5.56 Å². The van der Waals surface area contributed by atoms with Gasteiger partial charge in [0.25, 0.3) is 5.91 Å². The minimum atomic E-state index is -0.148. The molecule has 0 aromatic heterocycles. The smallest absolute Gasteiger partial charge is 0.255 e. The first-order valence-corrected chi connectivity index (χ1v) is 7.81. The summed E-state index contributed by atoms with van der Waals surface area (Å²) in [6.07, 6.45) is 0.435. The van der Waals surface area contributed by atoms with Gasteiger partial charge >= 0.3 is 0 Å². The molecule has 0 aliphatic rings. The molecule has 0 aliphatic carbocycles. The molecule has 0 saturated heterocycles. The van der Waals surface area contributed by atoms with E-state index in [-0.39, 0.29) is 11.8 Å². The fourth-order valence-electron chi connectivity index (χ4n) is 2.11. The standard InChI is InChI=1S/C19H22N2O2/c1-4-18(22)20-16-9-11-17(12-10-16)21-19(23)15-7-5-14(6-8-15)13(2)3/h5-13H,4H2,1-3H3,(H,20,22)(H,21,23). The molecule has 0 bridgehead atoms. The van der Waals surface area contributed by atoms with Crippen molar-refractivity contribution in [1.29, 1.82) is 0 Å². The van der Waals surface area contributed by atoms with Crippen LogP contribution in [0.5, 0.6) is 0 Å². The quantitative estimate of drug-likeness (QED) is 0.859. The molecule has 2 aromatic carbocycles. The van der Waals surface area contributed by atoms with E-state index in [1.807, 2.05) is 24.3 Å². The van der Waals surface area contributed by atoms with Crippen LogP contribution in [0.3, 0.4) is 0 Å². The predicted octanol–water partition coefficient (Wildman–Crippen LogP) is 4.41. The highest BCUT2D eigenvalue weighted by Gasteiger charge is 2.07. The third-order valence-electron chi connectivity index (χ3n) is 3.59. The molecule has 4 heteroatoms. The van der Waals surface area contributed by atoms with Crippen molar-refractivity contribution in [2.24, 2.45) is 0 Å². The van der Waals surface area contributed by atoms with Crippen LogP contribution in [0.15, 0.2) is 48.5 Å². The third-order valence-corrected chi connectivity index (χ3v) is 3.59. The monoisotopic (exact) mass is 310 g/mol. The van der Waals surface area contributed by atoms with E-state index in [0.29, 0.717) is 23.6 Å². The van der Waals surface area contributed by atoms with Crippen LogP contribution in [-0.2, 0) is 4.79 Å². The van der Waals surface area contributed by atoms with Gasteiger partial charge in [0.2, 0.25) is 5.91 Å². The molecule has 23 heavy (non-hydrogen) atoms. The summed E-state index contributed by atoms with van der Waals surface area (Å²) in [5, 5.41) is 5.62. The number of nitrogens with one attached hydrogen (secondary N) is 2. The van der Waals surface area contributed by atoms with Crippen LogP contribution in [0.4, 0.5) is 11.4 Å². The second-order valence-corrected chi connectivity index (χ2v) is 5.71. The van der Waals surface area contributed by atoms with E-state index >= 15 is 0 Å². The molecule has 0 heterocycles. The minimum Gasteiger partial charge on any atom is -0.326 e. The van der Waals surface area contributed by atoms with Gasteiger partial charge in [0.1, 0.15) is 0 Å². The largest absolute Gasteiger partial charge is 0.326 e. The Morgan fingerprint density at radius 1 is 0.870 bits per heavy atom. The first kappa shape index (κ1) is 16.7. The Hall–Kier alpha value is -2.62. The summed E-state index contributed by atoms with van der Waals surface area (Å²) >= 11 is 0. The van der Waals surface area contributed by atoms with Gasteiger partial charge in [0.05, 0.1) is 0 Å². The Morgan fingerprint density at radius 2 is 1.39 bits per heavy atom. The van der Waals surface area contributed by atoms with Gasteiger partial charge in [-0.15, -0.1) is 0 Å². The molecule has 2 rings (SSSR count). The Balaban J connectivity index is 2.01. The lowest BCUT2D eigenvalue weighted by Crippen LogP contribution is -2.12. The number of rotatable bonds is 5. The Morgan fingerprint density at radius 3 is 1.87 bits per heavy atom. The normalized spacial score (nSPS) is 10.4. The minimum absolute atomic E-state index is 0.0352. The van der Waals surface area contributed by atoms with Gasteiger partial charge in [-0.2, -0.15) is 0 Å². The van der Waals surface area contributed by atoms with Crippen LogP contribution in [0.2, 0.25) is 0 Å². The topological polar surface area (TPSA) is 58.2 Å². The first-order valence-electron chi connectivity index (χ1n) is 7.81. The lowest BCUT2D eigenvalue weighted by molar-refractivity contribution is -0.115. The number of amides is 2. The van der Waals surface area contributed by atoms with Crippen LogP contribution in [0.1, 0.15) is 49.0 Å². The molecule has 4 nitrogen and oxygen atoms in total. The Bertz CT molecular complexity index is 674. The molecule has 2 amide bonds. The van der Waals surface area contributed by atoms with Gasteiger partial charge in [0, 0.05) is 23.4 Å². The van der Waals surface area contributed by atoms with Crippen LogP contribution in [-0.4, -0.2) is 11.8 Å². The summed E-state index contributed by atoms with van der Waals surface area (Å²) in [7, 11) is 0. The summed E-state index contributed by atoms with van der Waals surface area (Å²) in [5.74, 6) is 0.260. The molecule has 2 N–H and O–H groups in total. The second kappa shape index (κ2) is 7.58. The number of hydrogen-bond acceptors (Lipinski definition) is 2. The average Bonchev–Trinajstić information content (AvgIpc) is 2.56. The van der Waals surface area contributed by atoms with Crippen molar-refractivity contribution in [3.8, 4) is 0 Å². The maximum absolute atomic E-state index is 12.2. The maximum atomic E-state index is 12.2. The highest BCUT2D eigenvalue weighted by molar-refractivity contribution is 6.04. The summed E-state index contributed by atoms with van der Waals surface area (Å²) in [6, 6.07) is 14.7. The highest BCUT2D eigenvalue weighted by Crippen LogP contribution is 2.17. The second-order valence-electron chi connectivity index (χ2n) is 5.71. The van der Waals surface area contributed by atoms with Crippen molar-refractivity contribution in [2.75, 3.05) is 10.6 Å². The molecule has 0 atom stereocenters. The van der Waals surface area contributed by atoms with Crippen LogP contribution in [0.25, 0.3) is 0 Å². The lowest BCUT2D eigenvalue weighted by atomic mass is 10.0. The zero-order valence-corrected chi connectivity index (χ0v) is 13.7. The summed E-state index contributed by atoms with van der Waals surface area (Å²) in [4.78, 5) is 23.5. The molecule has 0 fully saturated rings. The van der Waals surface area contributed by atoms with Crippen LogP contribution >= 0.6 is 0 Å². The highest BCUT2D eigenvalue weighted by atomic mass is 16.2. The fraction of sp³-hybridized carbons (Fsp3) is 0.263. The van der Waals surface area contributed by atoms with E-state index in [9.17, 15) is 9.59 Å². The van der Waals surface area contributed by atoms with Gasteiger partial charge in [0.15, 0.2) is 0 Å². The van der Waals surface area contributed by atoms with Gasteiger partial charge in [-0.05, 0) is 47.9 Å². The van der Waals surface area contributed by atoms with Crippen molar-refractivity contribution in [2.45, 2.75) is 33.1 Å². The number of carbonyl (C=O) groups excluding carboxylic acids is 2. The predicted molar refractivity (Wildman–Crippen MR) is 93.8 cm³/mol. The number of carbonyl (C=O) groups is 2. The summed E-state index contributed by atoms with van der Waals surface area (Å²) < 4.78 is 0. The van der Waals surface area contributed by atoms with Gasteiger partial charge in [-0.25, -0.2) is 0 Å². The van der Waals surface area contributed by atoms with Crippen molar-refractivity contribution in [1.82, 2.24) is 0 Å². The molecule has 0 radical (unpaired) electrons. The van der Waals surface area contributed by atoms with E-state index in [0.717, 1.165) is 5.69 Å². The fourth-order valence-corrected chi connectivity index (χ4v) is 2.11. The summed E-state index contributed by atoms with van der Waals surface area (Å²) in [5.41, 5.74) is 3.24. The molecular weight excluding hydrogens is 288 g/mol. The van der Waals surface area contributed by atoms with Crippen molar-refractivity contribution in [3.05, 3.63) is 59.7 Å².